The molecule has 1 amide bonds. The summed E-state index contributed by atoms with van der Waals surface area (Å²) in [5.41, 5.74) is 0.996. The first-order chi connectivity index (χ1) is 9.49. The molecule has 1 fully saturated rings. The number of amides is 1. The van der Waals surface area contributed by atoms with Crippen LogP contribution in [0.3, 0.4) is 0 Å². The number of benzene rings is 1. The number of nitrogens with zero attached hydrogens (tertiary/aromatic N) is 1. The molecule has 0 saturated carbocycles. The minimum atomic E-state index is -1.01. The fraction of sp³-hybridized carbons (Fsp3) is 0.429. The van der Waals surface area contributed by atoms with Crippen LogP contribution in [0.5, 0.6) is 0 Å². The molecule has 1 saturated heterocycles. The number of aliphatic carboxylic acids is 1. The average molecular weight is 342 g/mol. The van der Waals surface area contributed by atoms with Crippen molar-refractivity contribution in [2.45, 2.75) is 31.6 Å². The summed E-state index contributed by atoms with van der Waals surface area (Å²) in [5, 5.41) is 8.87. The molecule has 1 aliphatic rings. The molecule has 1 aromatic carbocycles. The van der Waals surface area contributed by atoms with Gasteiger partial charge in [0, 0.05) is 18.1 Å². The van der Waals surface area contributed by atoms with E-state index in [-0.39, 0.29) is 5.91 Å². The molecule has 0 unspecified atom stereocenters. The summed E-state index contributed by atoms with van der Waals surface area (Å²) >= 11 is 3.44. The van der Waals surface area contributed by atoms with E-state index < -0.39 is 18.2 Å². The van der Waals surface area contributed by atoms with Crippen LogP contribution in [0.15, 0.2) is 28.7 Å². The molecule has 20 heavy (non-hydrogen) atoms. The van der Waals surface area contributed by atoms with Gasteiger partial charge in [-0.1, -0.05) is 34.1 Å². The Morgan fingerprint density at radius 2 is 2.00 bits per heavy atom. The number of halogens is 1. The van der Waals surface area contributed by atoms with E-state index >= 15 is 0 Å². The number of carboxylic acid groups (broad SMARTS) is 1. The second-order valence-electron chi connectivity index (χ2n) is 4.81. The van der Waals surface area contributed by atoms with Crippen LogP contribution in [0.4, 0.5) is 0 Å². The first-order valence-electron chi connectivity index (χ1n) is 6.35. The second-order valence-corrected chi connectivity index (χ2v) is 5.67. The summed E-state index contributed by atoms with van der Waals surface area (Å²) in [6.07, 6.45) is -0.672. The maximum Gasteiger partial charge on any atom is 0.332 e. The fourth-order valence-electron chi connectivity index (χ4n) is 2.21. The van der Waals surface area contributed by atoms with Crippen LogP contribution in [0.2, 0.25) is 0 Å². The zero-order valence-electron chi connectivity index (χ0n) is 11.1. The quantitative estimate of drug-likeness (QED) is 0.909. The highest BCUT2D eigenvalue weighted by molar-refractivity contribution is 9.10. The van der Waals surface area contributed by atoms with E-state index in [1.54, 1.807) is 11.9 Å². The van der Waals surface area contributed by atoms with Gasteiger partial charge >= 0.3 is 5.97 Å². The Labute approximate surface area is 125 Å². The number of hydrogen-bond donors (Lipinski definition) is 1. The normalized spacial score (nSPS) is 21.7. The van der Waals surface area contributed by atoms with Crippen molar-refractivity contribution >= 4 is 27.8 Å². The van der Waals surface area contributed by atoms with Gasteiger partial charge < -0.3 is 14.7 Å². The molecule has 108 valence electrons. The van der Waals surface area contributed by atoms with Gasteiger partial charge in [0.15, 0.2) is 6.10 Å². The third kappa shape index (κ3) is 3.37. The van der Waals surface area contributed by atoms with Crippen LogP contribution in [0.1, 0.15) is 18.4 Å². The Morgan fingerprint density at radius 3 is 2.60 bits per heavy atom. The van der Waals surface area contributed by atoms with Crippen molar-refractivity contribution in [3.05, 3.63) is 34.3 Å². The van der Waals surface area contributed by atoms with E-state index in [1.807, 2.05) is 24.3 Å². The highest BCUT2D eigenvalue weighted by Crippen LogP contribution is 2.23. The largest absolute Gasteiger partial charge is 0.479 e. The van der Waals surface area contributed by atoms with Crippen LogP contribution < -0.4 is 0 Å². The SMILES string of the molecule is CN(Cc1ccccc1Br)C(=O)[C@@H]1CC[C@H](C(=O)O)O1. The van der Waals surface area contributed by atoms with Gasteiger partial charge in [-0.3, -0.25) is 4.79 Å². The summed E-state index contributed by atoms with van der Waals surface area (Å²) in [5.74, 6) is -1.18. The van der Waals surface area contributed by atoms with Crippen molar-refractivity contribution < 1.29 is 19.4 Å². The molecule has 0 aliphatic carbocycles. The molecule has 5 nitrogen and oxygen atoms in total. The monoisotopic (exact) mass is 341 g/mol. The second kappa shape index (κ2) is 6.37. The standard InChI is InChI=1S/C14H16BrNO4/c1-16(8-9-4-2-3-5-10(9)15)13(17)11-6-7-12(20-11)14(18)19/h2-5,11-12H,6-8H2,1H3,(H,18,19)/t11-,12+/m0/s1. The highest BCUT2D eigenvalue weighted by Gasteiger charge is 2.36. The Hall–Kier alpha value is -1.40. The van der Waals surface area contributed by atoms with Gasteiger partial charge in [0.1, 0.15) is 6.10 Å². The minimum absolute atomic E-state index is 0.176. The van der Waals surface area contributed by atoms with E-state index in [0.717, 1.165) is 10.0 Å². The zero-order valence-corrected chi connectivity index (χ0v) is 12.7. The summed E-state index contributed by atoms with van der Waals surface area (Å²) in [6.45, 7) is 0.456. The number of hydrogen-bond acceptors (Lipinski definition) is 3. The van der Waals surface area contributed by atoms with Crippen LogP contribution in [0.25, 0.3) is 0 Å². The topological polar surface area (TPSA) is 66.8 Å². The third-order valence-corrected chi connectivity index (χ3v) is 4.09. The van der Waals surface area contributed by atoms with Gasteiger partial charge in [0.05, 0.1) is 0 Å². The average Bonchev–Trinajstić information content (AvgIpc) is 2.90. The molecule has 0 radical (unpaired) electrons. The number of carboxylic acids is 1. The lowest BCUT2D eigenvalue weighted by molar-refractivity contribution is -0.154. The number of ether oxygens (including phenoxy) is 1. The first kappa shape index (κ1) is 15.0. The lowest BCUT2D eigenvalue weighted by Gasteiger charge is -2.21. The van der Waals surface area contributed by atoms with Gasteiger partial charge in [0.25, 0.3) is 5.91 Å². The molecule has 0 aromatic heterocycles. The summed E-state index contributed by atoms with van der Waals surface area (Å²) < 4.78 is 6.21. The zero-order chi connectivity index (χ0) is 14.7. The minimum Gasteiger partial charge on any atom is -0.479 e. The van der Waals surface area contributed by atoms with E-state index in [0.29, 0.717) is 19.4 Å². The van der Waals surface area contributed by atoms with Crippen LogP contribution in [-0.2, 0) is 20.9 Å². The lowest BCUT2D eigenvalue weighted by atomic mass is 10.1. The Balaban J connectivity index is 1.96. The molecule has 2 rings (SSSR count). The molecule has 2 atom stereocenters. The number of rotatable bonds is 4. The predicted molar refractivity (Wildman–Crippen MR) is 76.1 cm³/mol. The van der Waals surface area contributed by atoms with Crippen LogP contribution in [-0.4, -0.2) is 41.1 Å². The predicted octanol–water partition coefficient (Wildman–Crippen LogP) is 2.04. The molecule has 1 aliphatic heterocycles. The third-order valence-electron chi connectivity index (χ3n) is 3.31. The Kier molecular flexibility index (Phi) is 4.77. The molecule has 0 bridgehead atoms. The highest BCUT2D eigenvalue weighted by atomic mass is 79.9. The van der Waals surface area contributed by atoms with Crippen LogP contribution in [0, 0.1) is 0 Å². The molecule has 1 aromatic rings. The van der Waals surface area contributed by atoms with Crippen molar-refractivity contribution in [2.75, 3.05) is 7.05 Å². The van der Waals surface area contributed by atoms with Gasteiger partial charge in [-0.15, -0.1) is 0 Å². The fourth-order valence-corrected chi connectivity index (χ4v) is 2.62. The first-order valence-corrected chi connectivity index (χ1v) is 7.15. The maximum atomic E-state index is 12.2. The molecule has 0 spiro atoms. The number of likely N-dealkylation sites (N-methyl/N-ethyl adjacent to an activating group) is 1. The van der Waals surface area contributed by atoms with Gasteiger partial charge in [-0.25, -0.2) is 4.79 Å². The molecule has 6 heteroatoms. The van der Waals surface area contributed by atoms with Gasteiger partial charge in [-0.05, 0) is 24.5 Å². The van der Waals surface area contributed by atoms with Crippen molar-refractivity contribution in [1.82, 2.24) is 4.90 Å². The molecular formula is C14H16BrNO4. The lowest BCUT2D eigenvalue weighted by Crippen LogP contribution is -2.36. The molecule has 1 heterocycles. The van der Waals surface area contributed by atoms with Crippen molar-refractivity contribution in [2.24, 2.45) is 0 Å². The summed E-state index contributed by atoms with van der Waals surface area (Å²) in [6, 6.07) is 7.67. The van der Waals surface area contributed by atoms with Crippen molar-refractivity contribution in [3.63, 3.8) is 0 Å². The molecular weight excluding hydrogens is 326 g/mol. The van der Waals surface area contributed by atoms with E-state index in [4.69, 9.17) is 9.84 Å². The van der Waals surface area contributed by atoms with E-state index in [9.17, 15) is 9.59 Å². The van der Waals surface area contributed by atoms with E-state index in [2.05, 4.69) is 15.9 Å². The van der Waals surface area contributed by atoms with Crippen molar-refractivity contribution in [1.29, 1.82) is 0 Å². The van der Waals surface area contributed by atoms with Crippen LogP contribution >= 0.6 is 15.9 Å². The Morgan fingerprint density at radius 1 is 1.35 bits per heavy atom. The summed E-state index contributed by atoms with van der Waals surface area (Å²) in [7, 11) is 1.69. The number of carbonyl (C=O) groups is 2. The Bertz CT molecular complexity index is 520. The molecule has 1 N–H and O–H groups in total. The van der Waals surface area contributed by atoms with Gasteiger partial charge in [0.2, 0.25) is 0 Å². The maximum absolute atomic E-state index is 12.2. The van der Waals surface area contributed by atoms with E-state index in [1.165, 1.54) is 0 Å². The number of carbonyl (C=O) groups excluding carboxylic acids is 1. The van der Waals surface area contributed by atoms with Crippen molar-refractivity contribution in [3.8, 4) is 0 Å². The smallest absolute Gasteiger partial charge is 0.332 e. The summed E-state index contributed by atoms with van der Waals surface area (Å²) in [4.78, 5) is 24.6. The van der Waals surface area contributed by atoms with Gasteiger partial charge in [-0.2, -0.15) is 0 Å².